The summed E-state index contributed by atoms with van der Waals surface area (Å²) in [6.07, 6.45) is 0.719. The second-order valence-electron chi connectivity index (χ2n) is 7.80. The quantitative estimate of drug-likeness (QED) is 0.365. The third-order valence-electron chi connectivity index (χ3n) is 5.10. The van der Waals surface area contributed by atoms with Crippen molar-refractivity contribution in [1.82, 2.24) is 14.5 Å². The molecule has 3 rings (SSSR count). The number of anilines is 1. The Balaban J connectivity index is 2.13. The monoisotopic (exact) mass is 555 g/mol. The summed E-state index contributed by atoms with van der Waals surface area (Å²) in [4.78, 5) is 18.9. The number of carboxylic acids is 1. The van der Waals surface area contributed by atoms with Gasteiger partial charge in [0.1, 0.15) is 11.6 Å². The van der Waals surface area contributed by atoms with Crippen molar-refractivity contribution in [3.05, 3.63) is 56.5 Å². The van der Waals surface area contributed by atoms with Crippen LogP contribution in [-0.2, 0) is 23.3 Å². The van der Waals surface area contributed by atoms with Gasteiger partial charge in [0.25, 0.3) is 0 Å². The van der Waals surface area contributed by atoms with Gasteiger partial charge < -0.3 is 26.0 Å². The van der Waals surface area contributed by atoms with E-state index in [9.17, 15) is 14.3 Å². The van der Waals surface area contributed by atoms with Gasteiger partial charge in [0.05, 0.1) is 16.7 Å². The van der Waals surface area contributed by atoms with Crippen LogP contribution in [0.5, 0.6) is 0 Å². The van der Waals surface area contributed by atoms with Gasteiger partial charge in [-0.25, -0.2) is 14.2 Å². The third-order valence-corrected chi connectivity index (χ3v) is 6.41. The maximum Gasteiger partial charge on any atom is 0.331 e. The first-order chi connectivity index (χ1) is 14.5. The Labute approximate surface area is 196 Å². The van der Waals surface area contributed by atoms with Crippen LogP contribution >= 0.6 is 31.9 Å². The van der Waals surface area contributed by atoms with E-state index in [1.165, 1.54) is 12.1 Å². The van der Waals surface area contributed by atoms with Crippen LogP contribution in [0.25, 0.3) is 11.0 Å². The first kappa shape index (κ1) is 23.6. The number of aryl methyl sites for hydroxylation is 1. The van der Waals surface area contributed by atoms with Crippen LogP contribution in [0.4, 0.5) is 10.1 Å². The summed E-state index contributed by atoms with van der Waals surface area (Å²) in [6, 6.07) is 7.71. The number of halogens is 3. The summed E-state index contributed by atoms with van der Waals surface area (Å²) < 4.78 is 16.9. The number of fused-ring (bicyclic) bond motifs is 1. The minimum Gasteiger partial charge on any atom is -0.480 e. The Morgan fingerprint density at radius 1 is 1.26 bits per heavy atom. The standard InChI is InChI=1S/C21H24Br2FN5O2/c1-28(2)6-3-7-29-17-5-4-13(24)10-16(17)27-19(29)21(26,20(30)31)11-12-8-14(22)18(25)15(23)9-12/h4-5,8-10H,3,6-7,11,25-26H2,1-2H3,(H,30,31)/t21-/m1/s1. The van der Waals surface area contributed by atoms with Crippen LogP contribution in [-0.4, -0.2) is 46.2 Å². The first-order valence-electron chi connectivity index (χ1n) is 9.59. The number of hydrogen-bond acceptors (Lipinski definition) is 5. The van der Waals surface area contributed by atoms with Gasteiger partial charge in [-0.05, 0) is 88.7 Å². The van der Waals surface area contributed by atoms with Crippen LogP contribution < -0.4 is 11.5 Å². The van der Waals surface area contributed by atoms with Crippen LogP contribution in [0.15, 0.2) is 39.3 Å². The fourth-order valence-electron chi connectivity index (χ4n) is 3.53. The van der Waals surface area contributed by atoms with Gasteiger partial charge in [0.2, 0.25) is 0 Å². The number of nitrogens with zero attached hydrogens (tertiary/aromatic N) is 3. The van der Waals surface area contributed by atoms with Crippen LogP contribution in [0.1, 0.15) is 17.8 Å². The predicted octanol–water partition coefficient (Wildman–Crippen LogP) is 3.72. The van der Waals surface area contributed by atoms with Gasteiger partial charge in [-0.15, -0.1) is 0 Å². The molecule has 0 amide bonds. The highest BCUT2D eigenvalue weighted by molar-refractivity contribution is 9.11. The molecule has 0 aliphatic rings. The minimum absolute atomic E-state index is 0.0285. The normalized spacial score (nSPS) is 13.6. The molecule has 0 saturated heterocycles. The van der Waals surface area contributed by atoms with E-state index in [0.29, 0.717) is 37.8 Å². The summed E-state index contributed by atoms with van der Waals surface area (Å²) in [5.74, 6) is -1.48. The Kier molecular flexibility index (Phi) is 7.04. The summed E-state index contributed by atoms with van der Waals surface area (Å²) in [5.41, 5.74) is 12.8. The average Bonchev–Trinajstić information content (AvgIpc) is 3.03. The Bertz CT molecular complexity index is 1110. The molecule has 7 nitrogen and oxygen atoms in total. The van der Waals surface area contributed by atoms with Gasteiger partial charge in [0, 0.05) is 28.0 Å². The van der Waals surface area contributed by atoms with Crippen LogP contribution in [0.2, 0.25) is 0 Å². The molecule has 1 aromatic heterocycles. The summed E-state index contributed by atoms with van der Waals surface area (Å²) in [6.45, 7) is 1.29. The number of benzene rings is 2. The van der Waals surface area contributed by atoms with E-state index in [1.807, 2.05) is 19.0 Å². The molecule has 0 saturated carbocycles. The molecular formula is C21H24Br2FN5O2. The number of aromatic nitrogens is 2. The Hall–Kier alpha value is -2.01. The highest BCUT2D eigenvalue weighted by atomic mass is 79.9. The lowest BCUT2D eigenvalue weighted by Gasteiger charge is -2.26. The fraction of sp³-hybridized carbons (Fsp3) is 0.333. The number of carbonyl (C=O) groups is 1. The molecular weight excluding hydrogens is 533 g/mol. The molecule has 166 valence electrons. The maximum atomic E-state index is 13.8. The summed E-state index contributed by atoms with van der Waals surface area (Å²) in [5, 5.41) is 10.1. The average molecular weight is 557 g/mol. The van der Waals surface area contributed by atoms with Gasteiger partial charge in [-0.1, -0.05) is 0 Å². The van der Waals surface area contributed by atoms with Crippen molar-refractivity contribution in [2.45, 2.75) is 24.9 Å². The van der Waals surface area contributed by atoms with E-state index in [2.05, 4.69) is 36.8 Å². The molecule has 0 aliphatic carbocycles. The zero-order valence-corrected chi connectivity index (χ0v) is 20.4. The predicted molar refractivity (Wildman–Crippen MR) is 126 cm³/mol. The van der Waals surface area contributed by atoms with E-state index in [0.717, 1.165) is 13.0 Å². The highest BCUT2D eigenvalue weighted by Crippen LogP contribution is 2.33. The maximum absolute atomic E-state index is 13.8. The van der Waals surface area contributed by atoms with E-state index in [-0.39, 0.29) is 12.2 Å². The van der Waals surface area contributed by atoms with Gasteiger partial charge in [-0.3, -0.25) is 0 Å². The number of hydrogen-bond donors (Lipinski definition) is 3. The molecule has 0 aliphatic heterocycles. The van der Waals surface area contributed by atoms with Crippen molar-refractivity contribution in [3.8, 4) is 0 Å². The summed E-state index contributed by atoms with van der Waals surface area (Å²) in [7, 11) is 3.92. The Morgan fingerprint density at radius 2 is 1.90 bits per heavy atom. The molecule has 2 aromatic carbocycles. The van der Waals surface area contributed by atoms with Crippen molar-refractivity contribution < 1.29 is 14.3 Å². The summed E-state index contributed by atoms with van der Waals surface area (Å²) >= 11 is 6.77. The Morgan fingerprint density at radius 3 is 2.48 bits per heavy atom. The van der Waals surface area contributed by atoms with Crippen LogP contribution in [0, 0.1) is 5.82 Å². The number of aliphatic carboxylic acids is 1. The number of carboxylic acid groups (broad SMARTS) is 1. The molecule has 0 radical (unpaired) electrons. The van der Waals surface area contributed by atoms with E-state index >= 15 is 0 Å². The zero-order valence-electron chi connectivity index (χ0n) is 17.2. The van der Waals surface area contributed by atoms with E-state index in [4.69, 9.17) is 11.5 Å². The van der Waals surface area contributed by atoms with Gasteiger partial charge >= 0.3 is 5.97 Å². The SMILES string of the molecule is CN(C)CCCn1c([C@](N)(Cc2cc(Br)c(N)c(Br)c2)C(=O)O)nc2cc(F)ccc21. The zero-order chi connectivity index (χ0) is 22.9. The first-order valence-corrected chi connectivity index (χ1v) is 11.2. The largest absolute Gasteiger partial charge is 0.480 e. The number of rotatable bonds is 8. The molecule has 0 bridgehead atoms. The third kappa shape index (κ3) is 4.92. The molecule has 1 heterocycles. The lowest BCUT2D eigenvalue weighted by molar-refractivity contribution is -0.144. The van der Waals surface area contributed by atoms with Crippen molar-refractivity contribution in [2.75, 3.05) is 26.4 Å². The smallest absolute Gasteiger partial charge is 0.331 e. The topological polar surface area (TPSA) is 110 Å². The number of nitrogens with two attached hydrogens (primary N) is 2. The number of imidazole rings is 1. The molecule has 0 fully saturated rings. The lowest BCUT2D eigenvalue weighted by Crippen LogP contribution is -2.49. The van der Waals surface area contributed by atoms with Crippen LogP contribution in [0.3, 0.4) is 0 Å². The second kappa shape index (κ2) is 9.23. The lowest BCUT2D eigenvalue weighted by atomic mass is 9.90. The molecule has 5 N–H and O–H groups in total. The van der Waals surface area contributed by atoms with Crippen molar-refractivity contribution in [1.29, 1.82) is 0 Å². The van der Waals surface area contributed by atoms with E-state index in [1.54, 1.807) is 22.8 Å². The van der Waals surface area contributed by atoms with Crippen molar-refractivity contribution >= 4 is 54.5 Å². The molecule has 10 heteroatoms. The number of nitrogen functional groups attached to an aromatic ring is 1. The highest BCUT2D eigenvalue weighted by Gasteiger charge is 2.41. The fourth-order valence-corrected chi connectivity index (χ4v) is 4.81. The second-order valence-corrected chi connectivity index (χ2v) is 9.51. The molecule has 31 heavy (non-hydrogen) atoms. The minimum atomic E-state index is -1.83. The van der Waals surface area contributed by atoms with Crippen molar-refractivity contribution in [2.24, 2.45) is 5.73 Å². The van der Waals surface area contributed by atoms with Crippen molar-refractivity contribution in [3.63, 3.8) is 0 Å². The molecule has 3 aromatic rings. The molecule has 1 atom stereocenters. The molecule has 0 unspecified atom stereocenters. The van der Waals surface area contributed by atoms with Gasteiger partial charge in [-0.2, -0.15) is 0 Å². The van der Waals surface area contributed by atoms with E-state index < -0.39 is 17.3 Å². The van der Waals surface area contributed by atoms with Gasteiger partial charge in [0.15, 0.2) is 5.54 Å². The molecule has 0 spiro atoms.